The molecule has 3 nitrogen and oxygen atoms in total. The summed E-state index contributed by atoms with van der Waals surface area (Å²) in [5.74, 6) is 0. The first-order chi connectivity index (χ1) is 9.16. The average molecular weight is 261 g/mol. The number of nitrogens with zero attached hydrogens (tertiary/aromatic N) is 1. The van der Waals surface area contributed by atoms with Gasteiger partial charge in [-0.1, -0.05) is 49.9 Å². The van der Waals surface area contributed by atoms with Crippen molar-refractivity contribution in [2.45, 2.75) is 51.1 Å². The lowest BCUT2D eigenvalue weighted by Crippen LogP contribution is -2.32. The van der Waals surface area contributed by atoms with Crippen LogP contribution in [0.25, 0.3) is 0 Å². The molecule has 1 aromatic carbocycles. The molecule has 2 N–H and O–H groups in total. The smallest absolute Gasteiger partial charge is 0.423 e. The SMILES string of the molecule is CN(Cc1ccc(B(O)O)cc1)C1CCCCCC1. The summed E-state index contributed by atoms with van der Waals surface area (Å²) in [4.78, 5) is 2.44. The highest BCUT2D eigenvalue weighted by Crippen LogP contribution is 2.22. The van der Waals surface area contributed by atoms with Gasteiger partial charge in [-0.2, -0.15) is 0 Å². The summed E-state index contributed by atoms with van der Waals surface area (Å²) in [7, 11) is 0.832. The second-order valence-electron chi connectivity index (χ2n) is 5.68. The molecule has 1 saturated carbocycles. The van der Waals surface area contributed by atoms with Gasteiger partial charge in [-0.05, 0) is 30.9 Å². The van der Waals surface area contributed by atoms with Crippen LogP contribution >= 0.6 is 0 Å². The molecule has 0 amide bonds. The Morgan fingerprint density at radius 3 is 2.16 bits per heavy atom. The van der Waals surface area contributed by atoms with Crippen LogP contribution in [-0.4, -0.2) is 35.2 Å². The van der Waals surface area contributed by atoms with Crippen molar-refractivity contribution in [2.75, 3.05) is 7.05 Å². The largest absolute Gasteiger partial charge is 0.488 e. The molecule has 4 heteroatoms. The van der Waals surface area contributed by atoms with E-state index in [0.717, 1.165) is 6.54 Å². The van der Waals surface area contributed by atoms with Crippen LogP contribution in [0.5, 0.6) is 0 Å². The molecular weight excluding hydrogens is 237 g/mol. The average Bonchev–Trinajstić information content (AvgIpc) is 2.68. The molecule has 0 saturated heterocycles. The van der Waals surface area contributed by atoms with Crippen LogP contribution in [0.2, 0.25) is 0 Å². The van der Waals surface area contributed by atoms with Crippen molar-refractivity contribution in [1.82, 2.24) is 4.90 Å². The lowest BCUT2D eigenvalue weighted by molar-refractivity contribution is 0.213. The summed E-state index contributed by atoms with van der Waals surface area (Å²) in [6.07, 6.45) is 8.09. The summed E-state index contributed by atoms with van der Waals surface area (Å²) < 4.78 is 0. The van der Waals surface area contributed by atoms with Crippen molar-refractivity contribution in [1.29, 1.82) is 0 Å². The second-order valence-corrected chi connectivity index (χ2v) is 5.68. The van der Waals surface area contributed by atoms with Crippen LogP contribution in [0.15, 0.2) is 24.3 Å². The van der Waals surface area contributed by atoms with Gasteiger partial charge in [-0.3, -0.25) is 4.90 Å². The van der Waals surface area contributed by atoms with Crippen molar-refractivity contribution in [3.05, 3.63) is 29.8 Å². The Hall–Kier alpha value is -0.835. The van der Waals surface area contributed by atoms with E-state index in [1.807, 2.05) is 12.1 Å². The Bertz CT molecular complexity index is 372. The van der Waals surface area contributed by atoms with Gasteiger partial charge in [-0.25, -0.2) is 0 Å². The maximum atomic E-state index is 9.08. The van der Waals surface area contributed by atoms with E-state index in [1.54, 1.807) is 12.1 Å². The van der Waals surface area contributed by atoms with Crippen molar-refractivity contribution in [3.63, 3.8) is 0 Å². The fourth-order valence-corrected chi connectivity index (χ4v) is 2.91. The molecule has 0 radical (unpaired) electrons. The van der Waals surface area contributed by atoms with Gasteiger partial charge in [-0.15, -0.1) is 0 Å². The molecule has 0 heterocycles. The highest BCUT2D eigenvalue weighted by Gasteiger charge is 2.17. The predicted molar refractivity (Wildman–Crippen MR) is 79.2 cm³/mol. The first kappa shape index (κ1) is 14.6. The molecule has 0 bridgehead atoms. The molecule has 0 aromatic heterocycles. The Morgan fingerprint density at radius 1 is 1.05 bits per heavy atom. The highest BCUT2D eigenvalue weighted by atomic mass is 16.4. The normalized spacial score (nSPS) is 17.5. The summed E-state index contributed by atoms with van der Waals surface area (Å²) in [6.45, 7) is 0.937. The summed E-state index contributed by atoms with van der Waals surface area (Å²) in [5.41, 5.74) is 1.79. The first-order valence-electron chi connectivity index (χ1n) is 7.32. The standard InChI is InChI=1S/C15H24BNO2/c1-17(15-6-4-2-3-5-7-15)12-13-8-10-14(11-9-13)16(18)19/h8-11,15,18-19H,2-7,12H2,1H3. The second kappa shape index (κ2) is 7.08. The Kier molecular flexibility index (Phi) is 5.43. The van der Waals surface area contributed by atoms with Gasteiger partial charge >= 0.3 is 7.12 Å². The first-order valence-corrected chi connectivity index (χ1v) is 7.32. The Labute approximate surface area is 116 Å². The van der Waals surface area contributed by atoms with Gasteiger partial charge in [0, 0.05) is 12.6 Å². The summed E-state index contributed by atoms with van der Waals surface area (Å²) in [5, 5.41) is 18.2. The lowest BCUT2D eigenvalue weighted by Gasteiger charge is -2.27. The van der Waals surface area contributed by atoms with Crippen LogP contribution in [0.3, 0.4) is 0 Å². The van der Waals surface area contributed by atoms with Crippen molar-refractivity contribution in [2.24, 2.45) is 0 Å². The quantitative estimate of drug-likeness (QED) is 0.638. The van der Waals surface area contributed by atoms with Crippen LogP contribution < -0.4 is 5.46 Å². The molecule has 0 spiro atoms. The van der Waals surface area contributed by atoms with Crippen LogP contribution in [0.4, 0.5) is 0 Å². The van der Waals surface area contributed by atoms with Gasteiger partial charge in [0.1, 0.15) is 0 Å². The number of hydrogen-bond donors (Lipinski definition) is 2. The van der Waals surface area contributed by atoms with E-state index in [0.29, 0.717) is 11.5 Å². The van der Waals surface area contributed by atoms with Gasteiger partial charge in [0.2, 0.25) is 0 Å². The van der Waals surface area contributed by atoms with Gasteiger partial charge in [0.25, 0.3) is 0 Å². The van der Waals surface area contributed by atoms with Crippen LogP contribution in [-0.2, 0) is 6.54 Å². The van der Waals surface area contributed by atoms with Gasteiger partial charge < -0.3 is 10.0 Å². The minimum Gasteiger partial charge on any atom is -0.423 e. The fraction of sp³-hybridized carbons (Fsp3) is 0.600. The molecule has 2 rings (SSSR count). The third-order valence-corrected chi connectivity index (χ3v) is 4.16. The van der Waals surface area contributed by atoms with E-state index in [1.165, 1.54) is 44.1 Å². The summed E-state index contributed by atoms with van der Waals surface area (Å²) >= 11 is 0. The molecule has 0 unspecified atom stereocenters. The minimum atomic E-state index is -1.37. The van der Waals surface area contributed by atoms with Crippen LogP contribution in [0, 0.1) is 0 Å². The maximum absolute atomic E-state index is 9.08. The van der Waals surface area contributed by atoms with E-state index in [-0.39, 0.29) is 0 Å². The zero-order valence-electron chi connectivity index (χ0n) is 11.8. The fourth-order valence-electron chi connectivity index (χ4n) is 2.91. The third kappa shape index (κ3) is 4.34. The van der Waals surface area contributed by atoms with Gasteiger partial charge in [0.05, 0.1) is 0 Å². The van der Waals surface area contributed by atoms with E-state index in [2.05, 4.69) is 11.9 Å². The van der Waals surface area contributed by atoms with Crippen LogP contribution in [0.1, 0.15) is 44.1 Å². The number of hydrogen-bond acceptors (Lipinski definition) is 3. The molecule has 0 atom stereocenters. The Morgan fingerprint density at radius 2 is 1.63 bits per heavy atom. The molecule has 104 valence electrons. The van der Waals surface area contributed by atoms with E-state index in [9.17, 15) is 0 Å². The summed E-state index contributed by atoms with van der Waals surface area (Å²) in [6, 6.07) is 8.26. The molecule has 1 aliphatic rings. The van der Waals surface area contributed by atoms with E-state index < -0.39 is 7.12 Å². The topological polar surface area (TPSA) is 43.7 Å². The third-order valence-electron chi connectivity index (χ3n) is 4.16. The van der Waals surface area contributed by atoms with E-state index in [4.69, 9.17) is 10.0 Å². The predicted octanol–water partition coefficient (Wildman–Crippen LogP) is 1.52. The van der Waals surface area contributed by atoms with E-state index >= 15 is 0 Å². The van der Waals surface area contributed by atoms with Crippen molar-refractivity contribution >= 4 is 12.6 Å². The van der Waals surface area contributed by atoms with Crippen molar-refractivity contribution < 1.29 is 10.0 Å². The zero-order valence-corrected chi connectivity index (χ0v) is 11.8. The number of rotatable bonds is 4. The molecule has 1 aliphatic carbocycles. The highest BCUT2D eigenvalue weighted by molar-refractivity contribution is 6.58. The lowest BCUT2D eigenvalue weighted by atomic mass is 9.80. The maximum Gasteiger partial charge on any atom is 0.488 e. The van der Waals surface area contributed by atoms with Gasteiger partial charge in [0.15, 0.2) is 0 Å². The minimum absolute atomic E-state index is 0.556. The molecule has 1 fully saturated rings. The van der Waals surface area contributed by atoms with Crippen molar-refractivity contribution in [3.8, 4) is 0 Å². The molecule has 1 aromatic rings. The molecule has 0 aliphatic heterocycles. The Balaban J connectivity index is 1.91. The number of benzene rings is 1. The molecule has 19 heavy (non-hydrogen) atoms. The zero-order chi connectivity index (χ0) is 13.7. The monoisotopic (exact) mass is 261 g/mol. The molecular formula is C15H24BNO2.